The molecule has 2 amide bonds. The number of hydrogen-bond donors (Lipinski definition) is 2. The zero-order valence-corrected chi connectivity index (χ0v) is 12.0. The Kier molecular flexibility index (Phi) is 8.52. The average molecular weight is 273 g/mol. The summed E-state index contributed by atoms with van der Waals surface area (Å²) < 4.78 is 4.64. The predicted molar refractivity (Wildman–Crippen MR) is 70.4 cm³/mol. The number of amides is 2. The predicted octanol–water partition coefficient (Wildman–Crippen LogP) is -0.878. The molecular formula is C12H23N3O4. The molecule has 0 saturated carbocycles. The van der Waals surface area contributed by atoms with Crippen molar-refractivity contribution in [3.05, 3.63) is 0 Å². The van der Waals surface area contributed by atoms with Gasteiger partial charge in [0.25, 0.3) is 0 Å². The van der Waals surface area contributed by atoms with Gasteiger partial charge in [-0.3, -0.25) is 14.5 Å². The first-order valence-corrected chi connectivity index (χ1v) is 6.22. The van der Waals surface area contributed by atoms with E-state index in [1.165, 1.54) is 14.0 Å². The first kappa shape index (κ1) is 17.4. The van der Waals surface area contributed by atoms with Crippen molar-refractivity contribution < 1.29 is 19.1 Å². The van der Waals surface area contributed by atoms with Crippen molar-refractivity contribution in [2.75, 3.05) is 33.8 Å². The minimum Gasteiger partial charge on any atom is -0.467 e. The highest BCUT2D eigenvalue weighted by molar-refractivity contribution is 5.83. The Morgan fingerprint density at radius 2 is 1.95 bits per heavy atom. The van der Waals surface area contributed by atoms with E-state index in [0.717, 1.165) is 6.42 Å². The molecule has 19 heavy (non-hydrogen) atoms. The minimum atomic E-state index is -0.765. The summed E-state index contributed by atoms with van der Waals surface area (Å²) in [5.41, 5.74) is 0. The van der Waals surface area contributed by atoms with Crippen molar-refractivity contribution in [3.63, 3.8) is 0 Å². The van der Waals surface area contributed by atoms with Crippen LogP contribution in [0.15, 0.2) is 0 Å². The SMILES string of the molecule is CCCN(CC(=O)NC)CC(NC(C)=O)C(=O)OC. The second-order valence-corrected chi connectivity index (χ2v) is 4.18. The van der Waals surface area contributed by atoms with Gasteiger partial charge in [0, 0.05) is 20.5 Å². The van der Waals surface area contributed by atoms with Crippen LogP contribution in [-0.2, 0) is 19.1 Å². The summed E-state index contributed by atoms with van der Waals surface area (Å²) in [6, 6.07) is -0.765. The minimum absolute atomic E-state index is 0.139. The molecule has 0 aliphatic carbocycles. The van der Waals surface area contributed by atoms with Crippen molar-refractivity contribution >= 4 is 17.8 Å². The Morgan fingerprint density at radius 1 is 1.32 bits per heavy atom. The van der Waals surface area contributed by atoms with E-state index >= 15 is 0 Å². The van der Waals surface area contributed by atoms with Crippen LogP contribution < -0.4 is 10.6 Å². The van der Waals surface area contributed by atoms with Crippen LogP contribution in [0.3, 0.4) is 0 Å². The number of carbonyl (C=O) groups is 3. The molecule has 0 aromatic heterocycles. The highest BCUT2D eigenvalue weighted by Crippen LogP contribution is 1.98. The third kappa shape index (κ3) is 7.40. The second-order valence-electron chi connectivity index (χ2n) is 4.18. The van der Waals surface area contributed by atoms with E-state index in [-0.39, 0.29) is 24.9 Å². The van der Waals surface area contributed by atoms with Gasteiger partial charge in [0.05, 0.1) is 13.7 Å². The van der Waals surface area contributed by atoms with Crippen LogP contribution in [0, 0.1) is 0 Å². The highest BCUT2D eigenvalue weighted by atomic mass is 16.5. The summed E-state index contributed by atoms with van der Waals surface area (Å²) >= 11 is 0. The van der Waals surface area contributed by atoms with Crippen molar-refractivity contribution in [3.8, 4) is 0 Å². The van der Waals surface area contributed by atoms with E-state index in [9.17, 15) is 14.4 Å². The Hall–Kier alpha value is -1.63. The lowest BCUT2D eigenvalue weighted by Crippen LogP contribution is -2.50. The fourth-order valence-electron chi connectivity index (χ4n) is 1.66. The molecule has 0 aliphatic heterocycles. The van der Waals surface area contributed by atoms with Crippen molar-refractivity contribution in [1.82, 2.24) is 15.5 Å². The van der Waals surface area contributed by atoms with Gasteiger partial charge in [0.1, 0.15) is 6.04 Å². The molecule has 0 aromatic rings. The molecule has 0 saturated heterocycles. The number of methoxy groups -OCH3 is 1. The molecule has 0 spiro atoms. The third-order valence-corrected chi connectivity index (χ3v) is 2.49. The maximum absolute atomic E-state index is 11.6. The van der Waals surface area contributed by atoms with E-state index in [1.54, 1.807) is 11.9 Å². The normalized spacial score (nSPS) is 11.8. The number of ether oxygens (including phenoxy) is 1. The summed E-state index contributed by atoms with van der Waals surface area (Å²) in [5, 5.41) is 5.05. The lowest BCUT2D eigenvalue weighted by Gasteiger charge is -2.25. The van der Waals surface area contributed by atoms with E-state index in [2.05, 4.69) is 15.4 Å². The number of carbonyl (C=O) groups excluding carboxylic acids is 3. The fourth-order valence-corrected chi connectivity index (χ4v) is 1.66. The lowest BCUT2D eigenvalue weighted by atomic mass is 10.2. The zero-order chi connectivity index (χ0) is 14.8. The van der Waals surface area contributed by atoms with Crippen molar-refractivity contribution in [2.45, 2.75) is 26.3 Å². The van der Waals surface area contributed by atoms with Gasteiger partial charge in [-0.2, -0.15) is 0 Å². The second kappa shape index (κ2) is 9.32. The molecule has 2 N–H and O–H groups in total. The molecule has 0 aromatic carbocycles. The van der Waals surface area contributed by atoms with Crippen LogP contribution in [0.2, 0.25) is 0 Å². The van der Waals surface area contributed by atoms with Crippen LogP contribution in [0.1, 0.15) is 20.3 Å². The Morgan fingerprint density at radius 3 is 2.37 bits per heavy atom. The van der Waals surface area contributed by atoms with Crippen LogP contribution >= 0.6 is 0 Å². The van der Waals surface area contributed by atoms with E-state index < -0.39 is 12.0 Å². The number of rotatable bonds is 8. The molecule has 7 nitrogen and oxygen atoms in total. The van der Waals surface area contributed by atoms with Crippen LogP contribution in [0.4, 0.5) is 0 Å². The summed E-state index contributed by atoms with van der Waals surface area (Å²) in [5.74, 6) is -0.972. The number of likely N-dealkylation sites (N-methyl/N-ethyl adjacent to an activating group) is 1. The number of nitrogens with zero attached hydrogens (tertiary/aromatic N) is 1. The first-order valence-electron chi connectivity index (χ1n) is 6.22. The van der Waals surface area contributed by atoms with Crippen LogP contribution in [0.25, 0.3) is 0 Å². The van der Waals surface area contributed by atoms with Gasteiger partial charge in [-0.05, 0) is 13.0 Å². The van der Waals surface area contributed by atoms with E-state index in [4.69, 9.17) is 0 Å². The Labute approximate surface area is 113 Å². The average Bonchev–Trinajstić information content (AvgIpc) is 2.36. The van der Waals surface area contributed by atoms with Gasteiger partial charge < -0.3 is 15.4 Å². The van der Waals surface area contributed by atoms with Crippen LogP contribution in [-0.4, -0.2) is 62.5 Å². The summed E-state index contributed by atoms with van der Waals surface area (Å²) in [7, 11) is 2.82. The third-order valence-electron chi connectivity index (χ3n) is 2.49. The molecule has 0 radical (unpaired) electrons. The molecular weight excluding hydrogens is 250 g/mol. The molecule has 1 atom stereocenters. The van der Waals surface area contributed by atoms with Gasteiger partial charge >= 0.3 is 5.97 Å². The molecule has 7 heteroatoms. The van der Waals surface area contributed by atoms with Crippen LogP contribution in [0.5, 0.6) is 0 Å². The molecule has 0 heterocycles. The maximum Gasteiger partial charge on any atom is 0.329 e. The van der Waals surface area contributed by atoms with Crippen molar-refractivity contribution in [1.29, 1.82) is 0 Å². The first-order chi connectivity index (χ1) is 8.94. The maximum atomic E-state index is 11.6. The fraction of sp³-hybridized carbons (Fsp3) is 0.750. The molecule has 0 fully saturated rings. The number of hydrogen-bond acceptors (Lipinski definition) is 5. The standard InChI is InChI=1S/C12H23N3O4/c1-5-6-15(8-11(17)13-3)7-10(12(18)19-4)14-9(2)16/h10H,5-8H2,1-4H3,(H,13,17)(H,14,16). The summed E-state index contributed by atoms with van der Waals surface area (Å²) in [4.78, 5) is 35.8. The summed E-state index contributed by atoms with van der Waals surface area (Å²) in [6.45, 7) is 4.38. The van der Waals surface area contributed by atoms with Gasteiger partial charge in [-0.25, -0.2) is 4.79 Å². The molecule has 1 unspecified atom stereocenters. The topological polar surface area (TPSA) is 87.7 Å². The quantitative estimate of drug-likeness (QED) is 0.561. The van der Waals surface area contributed by atoms with E-state index in [0.29, 0.717) is 6.54 Å². The molecule has 110 valence electrons. The molecule has 0 aliphatic rings. The van der Waals surface area contributed by atoms with Crippen molar-refractivity contribution in [2.24, 2.45) is 0 Å². The number of nitrogens with one attached hydrogen (secondary N) is 2. The van der Waals surface area contributed by atoms with Gasteiger partial charge in [0.2, 0.25) is 11.8 Å². The number of esters is 1. The largest absolute Gasteiger partial charge is 0.467 e. The molecule has 0 rings (SSSR count). The summed E-state index contributed by atoms with van der Waals surface area (Å²) in [6.07, 6.45) is 0.838. The van der Waals surface area contributed by atoms with Gasteiger partial charge in [0.15, 0.2) is 0 Å². The van der Waals surface area contributed by atoms with E-state index in [1.807, 2.05) is 6.92 Å². The zero-order valence-electron chi connectivity index (χ0n) is 12.0. The van der Waals surface area contributed by atoms with Gasteiger partial charge in [-0.15, -0.1) is 0 Å². The Bertz CT molecular complexity index is 320. The lowest BCUT2D eigenvalue weighted by molar-refractivity contribution is -0.145. The molecule has 0 bridgehead atoms. The van der Waals surface area contributed by atoms with Gasteiger partial charge in [-0.1, -0.05) is 6.92 Å². The smallest absolute Gasteiger partial charge is 0.329 e. The highest BCUT2D eigenvalue weighted by Gasteiger charge is 2.23. The monoisotopic (exact) mass is 273 g/mol. The Balaban J connectivity index is 4.66.